The summed E-state index contributed by atoms with van der Waals surface area (Å²) >= 11 is 0. The molecule has 3 rings (SSSR count). The third kappa shape index (κ3) is 4.60. The van der Waals surface area contributed by atoms with Gasteiger partial charge in [-0.05, 0) is 31.3 Å². The second kappa shape index (κ2) is 8.90. The Labute approximate surface area is 157 Å². The van der Waals surface area contributed by atoms with Gasteiger partial charge in [0.1, 0.15) is 23.7 Å². The van der Waals surface area contributed by atoms with E-state index in [0.717, 1.165) is 0 Å². The summed E-state index contributed by atoms with van der Waals surface area (Å²) in [7, 11) is 1.80. The monoisotopic (exact) mass is 372 g/mol. The molecule has 27 heavy (non-hydrogen) atoms. The van der Waals surface area contributed by atoms with Crippen LogP contribution in [0.2, 0.25) is 0 Å². The number of pyridine rings is 2. The van der Waals surface area contributed by atoms with E-state index < -0.39 is 18.2 Å². The molecule has 1 fully saturated rings. The molecule has 0 aromatic carbocycles. The Morgan fingerprint density at radius 1 is 1.33 bits per heavy atom. The van der Waals surface area contributed by atoms with Crippen molar-refractivity contribution in [3.05, 3.63) is 54.6 Å². The highest BCUT2D eigenvalue weighted by molar-refractivity contribution is 5.92. The number of aliphatic hydroxyl groups is 2. The lowest BCUT2D eigenvalue weighted by Gasteiger charge is -2.31. The maximum absolute atomic E-state index is 12.5. The van der Waals surface area contributed by atoms with Crippen molar-refractivity contribution in [2.45, 2.75) is 30.7 Å². The Bertz CT molecular complexity index is 731. The topological polar surface area (TPSA) is 108 Å². The smallest absolute Gasteiger partial charge is 0.270 e. The lowest BCUT2D eigenvalue weighted by Crippen LogP contribution is -2.52. The summed E-state index contributed by atoms with van der Waals surface area (Å²) in [6.45, 7) is 0.325. The van der Waals surface area contributed by atoms with E-state index in [0.29, 0.717) is 24.4 Å². The van der Waals surface area contributed by atoms with Crippen molar-refractivity contribution in [1.29, 1.82) is 0 Å². The van der Waals surface area contributed by atoms with Crippen molar-refractivity contribution in [2.75, 3.05) is 20.2 Å². The summed E-state index contributed by atoms with van der Waals surface area (Å²) in [4.78, 5) is 22.4. The van der Waals surface area contributed by atoms with Gasteiger partial charge in [-0.25, -0.2) is 0 Å². The zero-order valence-corrected chi connectivity index (χ0v) is 15.1. The van der Waals surface area contributed by atoms with E-state index in [1.807, 2.05) is 4.90 Å². The van der Waals surface area contributed by atoms with E-state index in [4.69, 9.17) is 4.74 Å². The maximum Gasteiger partial charge on any atom is 0.270 e. The summed E-state index contributed by atoms with van der Waals surface area (Å²) in [5, 5.41) is 23.0. The standard InChI is InChI=1S/C19H24N4O4/c1-23(9-10-24)17-15(22-19(26)14-6-2-3-8-21-14)11-16(18(17)25)27-13-5-4-7-20-12-13/h2-8,12,15-18,24-25H,9-11H2,1H3,(H,22,26)/t15-,16-,17+,18+/m1/s1. The number of nitrogens with zero attached hydrogens (tertiary/aromatic N) is 3. The van der Waals surface area contributed by atoms with Gasteiger partial charge in [-0.2, -0.15) is 0 Å². The van der Waals surface area contributed by atoms with Crippen molar-refractivity contribution in [3.8, 4) is 5.75 Å². The van der Waals surface area contributed by atoms with Crippen LogP contribution in [0.3, 0.4) is 0 Å². The maximum atomic E-state index is 12.5. The molecular formula is C19H24N4O4. The molecule has 4 atom stereocenters. The van der Waals surface area contributed by atoms with Crippen molar-refractivity contribution >= 4 is 5.91 Å². The summed E-state index contributed by atoms with van der Waals surface area (Å²) in [5.41, 5.74) is 0.312. The van der Waals surface area contributed by atoms with Crippen molar-refractivity contribution in [3.63, 3.8) is 0 Å². The fourth-order valence-electron chi connectivity index (χ4n) is 3.45. The molecule has 1 saturated carbocycles. The molecule has 1 amide bonds. The van der Waals surface area contributed by atoms with Crippen LogP contribution in [0.15, 0.2) is 48.9 Å². The van der Waals surface area contributed by atoms with Gasteiger partial charge in [-0.3, -0.25) is 19.7 Å². The molecule has 8 nitrogen and oxygen atoms in total. The molecule has 2 aromatic heterocycles. The highest BCUT2D eigenvalue weighted by atomic mass is 16.5. The minimum Gasteiger partial charge on any atom is -0.486 e. The van der Waals surface area contributed by atoms with Crippen LogP contribution >= 0.6 is 0 Å². The van der Waals surface area contributed by atoms with Gasteiger partial charge in [0.05, 0.1) is 24.9 Å². The number of nitrogens with one attached hydrogen (secondary N) is 1. The third-order valence-electron chi connectivity index (χ3n) is 4.73. The Hall–Kier alpha value is -2.55. The fraction of sp³-hybridized carbons (Fsp3) is 0.421. The predicted octanol–water partition coefficient (Wildman–Crippen LogP) is 0.0799. The molecule has 8 heteroatoms. The molecule has 0 saturated heterocycles. The van der Waals surface area contributed by atoms with E-state index in [1.54, 1.807) is 56.0 Å². The number of aromatic nitrogens is 2. The lowest BCUT2D eigenvalue weighted by atomic mass is 10.1. The van der Waals surface area contributed by atoms with Gasteiger partial charge in [0.2, 0.25) is 0 Å². The van der Waals surface area contributed by atoms with Gasteiger partial charge >= 0.3 is 0 Å². The van der Waals surface area contributed by atoms with Crippen LogP contribution in [-0.2, 0) is 0 Å². The molecule has 3 N–H and O–H groups in total. The van der Waals surface area contributed by atoms with Crippen LogP contribution < -0.4 is 10.1 Å². The van der Waals surface area contributed by atoms with Gasteiger partial charge < -0.3 is 20.3 Å². The zero-order chi connectivity index (χ0) is 19.2. The SMILES string of the molecule is CN(CCO)[C@@H]1[C@@H](O)[C@H](Oc2cccnc2)C[C@H]1NC(=O)c1ccccn1. The average Bonchev–Trinajstić information content (AvgIpc) is 2.98. The van der Waals surface area contributed by atoms with Crippen LogP contribution in [0, 0.1) is 0 Å². The Kier molecular flexibility index (Phi) is 6.33. The van der Waals surface area contributed by atoms with Gasteiger partial charge in [0.15, 0.2) is 0 Å². The molecule has 0 bridgehead atoms. The predicted molar refractivity (Wildman–Crippen MR) is 98.3 cm³/mol. The number of carbonyl (C=O) groups excluding carboxylic acids is 1. The first-order chi connectivity index (χ1) is 13.1. The Morgan fingerprint density at radius 3 is 2.85 bits per heavy atom. The van der Waals surface area contributed by atoms with Crippen LogP contribution in [0.5, 0.6) is 5.75 Å². The zero-order valence-electron chi connectivity index (χ0n) is 15.1. The third-order valence-corrected chi connectivity index (χ3v) is 4.73. The molecular weight excluding hydrogens is 348 g/mol. The highest BCUT2D eigenvalue weighted by Crippen LogP contribution is 2.28. The van der Waals surface area contributed by atoms with E-state index in [2.05, 4.69) is 15.3 Å². The largest absolute Gasteiger partial charge is 0.486 e. The summed E-state index contributed by atoms with van der Waals surface area (Å²) in [6.07, 6.45) is 3.87. The molecule has 0 aliphatic heterocycles. The van der Waals surface area contributed by atoms with Crippen molar-refractivity contribution < 1.29 is 19.7 Å². The van der Waals surface area contributed by atoms with Crippen molar-refractivity contribution in [1.82, 2.24) is 20.2 Å². The van der Waals surface area contributed by atoms with E-state index in [1.165, 1.54) is 0 Å². The second-order valence-corrected chi connectivity index (χ2v) is 6.56. The molecule has 1 aliphatic rings. The number of hydrogen-bond donors (Lipinski definition) is 3. The number of rotatable bonds is 7. The molecule has 2 heterocycles. The second-order valence-electron chi connectivity index (χ2n) is 6.56. The summed E-state index contributed by atoms with van der Waals surface area (Å²) in [6, 6.07) is 7.90. The quantitative estimate of drug-likeness (QED) is 0.632. The van der Waals surface area contributed by atoms with Gasteiger partial charge in [-0.1, -0.05) is 6.07 Å². The number of aliphatic hydroxyl groups excluding tert-OH is 2. The van der Waals surface area contributed by atoms with Crippen LogP contribution in [0.4, 0.5) is 0 Å². The normalized spacial score (nSPS) is 24.7. The average molecular weight is 372 g/mol. The van der Waals surface area contributed by atoms with Crippen LogP contribution in [0.25, 0.3) is 0 Å². The van der Waals surface area contributed by atoms with E-state index in [9.17, 15) is 15.0 Å². The molecule has 0 radical (unpaired) electrons. The Morgan fingerprint density at radius 2 is 2.19 bits per heavy atom. The number of hydrogen-bond acceptors (Lipinski definition) is 7. The number of amides is 1. The molecule has 2 aromatic rings. The van der Waals surface area contributed by atoms with Crippen LogP contribution in [0.1, 0.15) is 16.9 Å². The minimum absolute atomic E-state index is 0.0469. The highest BCUT2D eigenvalue weighted by Gasteiger charge is 2.46. The first-order valence-corrected chi connectivity index (χ1v) is 8.88. The molecule has 144 valence electrons. The van der Waals surface area contributed by atoms with Gasteiger partial charge in [0, 0.05) is 25.4 Å². The van der Waals surface area contributed by atoms with Crippen LogP contribution in [-0.4, -0.2) is 75.5 Å². The molecule has 0 spiro atoms. The minimum atomic E-state index is -0.837. The number of carbonyl (C=O) groups is 1. The van der Waals surface area contributed by atoms with Gasteiger partial charge in [0.25, 0.3) is 5.91 Å². The first kappa shape index (κ1) is 19.2. The first-order valence-electron chi connectivity index (χ1n) is 8.88. The fourth-order valence-corrected chi connectivity index (χ4v) is 3.45. The van der Waals surface area contributed by atoms with E-state index in [-0.39, 0.29) is 18.6 Å². The Balaban J connectivity index is 1.75. The summed E-state index contributed by atoms with van der Waals surface area (Å²) < 4.78 is 5.90. The molecule has 1 aliphatic carbocycles. The lowest BCUT2D eigenvalue weighted by molar-refractivity contribution is 0.0108. The number of ether oxygens (including phenoxy) is 1. The number of likely N-dealkylation sites (N-methyl/N-ethyl adjacent to an activating group) is 1. The summed E-state index contributed by atoms with van der Waals surface area (Å²) in [5.74, 6) is 0.249. The van der Waals surface area contributed by atoms with Gasteiger partial charge in [-0.15, -0.1) is 0 Å². The van der Waals surface area contributed by atoms with Crippen molar-refractivity contribution in [2.24, 2.45) is 0 Å². The molecule has 0 unspecified atom stereocenters. The van der Waals surface area contributed by atoms with E-state index >= 15 is 0 Å².